The molecule has 0 radical (unpaired) electrons. The molecule has 1 saturated heterocycles. The van der Waals surface area contributed by atoms with Gasteiger partial charge in [0.25, 0.3) is 5.91 Å². The summed E-state index contributed by atoms with van der Waals surface area (Å²) in [6, 6.07) is 0. The van der Waals surface area contributed by atoms with Crippen molar-refractivity contribution >= 4 is 17.2 Å². The Bertz CT molecular complexity index is 549. The Labute approximate surface area is 137 Å². The van der Waals surface area contributed by atoms with Crippen molar-refractivity contribution in [3.63, 3.8) is 0 Å². The van der Waals surface area contributed by atoms with E-state index < -0.39 is 17.4 Å². The highest BCUT2D eigenvalue weighted by Gasteiger charge is 2.62. The van der Waals surface area contributed by atoms with Gasteiger partial charge in [-0.05, 0) is 25.7 Å². The second-order valence-electron chi connectivity index (χ2n) is 6.36. The standard InChI is InChI=1S/C15H21F2N3O2S/c16-15(17,14(22)3-1-4-14)13(21)20-6-2-5-19(7-8-20)9-12-10-23-11-18-12/h10-11,22H,1-9H2. The van der Waals surface area contributed by atoms with Crippen LogP contribution in [0.5, 0.6) is 0 Å². The first-order valence-corrected chi connectivity index (χ1v) is 8.86. The number of alkyl halides is 2. The molecule has 5 nitrogen and oxygen atoms in total. The van der Waals surface area contributed by atoms with E-state index in [1.807, 2.05) is 5.38 Å². The molecular weight excluding hydrogens is 324 g/mol. The largest absolute Gasteiger partial charge is 0.383 e. The molecule has 1 aromatic heterocycles. The number of aliphatic hydroxyl groups is 1. The van der Waals surface area contributed by atoms with Crippen LogP contribution >= 0.6 is 11.3 Å². The van der Waals surface area contributed by atoms with Gasteiger partial charge in [-0.2, -0.15) is 8.78 Å². The molecule has 1 aliphatic heterocycles. The van der Waals surface area contributed by atoms with E-state index in [9.17, 15) is 18.7 Å². The quantitative estimate of drug-likeness (QED) is 0.903. The minimum absolute atomic E-state index is 0.00443. The second kappa shape index (κ2) is 6.41. The SMILES string of the molecule is O=C(N1CCCN(Cc2cscn2)CC1)C(F)(F)C1(O)CCC1. The highest BCUT2D eigenvalue weighted by molar-refractivity contribution is 7.07. The average Bonchev–Trinajstić information content (AvgIpc) is 2.88. The van der Waals surface area contributed by atoms with Gasteiger partial charge >= 0.3 is 5.92 Å². The molecule has 128 valence electrons. The fourth-order valence-electron chi connectivity index (χ4n) is 3.10. The molecule has 2 fully saturated rings. The second-order valence-corrected chi connectivity index (χ2v) is 7.08. The molecule has 1 aliphatic carbocycles. The fraction of sp³-hybridized carbons (Fsp3) is 0.733. The van der Waals surface area contributed by atoms with Crippen LogP contribution in [0.25, 0.3) is 0 Å². The minimum Gasteiger partial charge on any atom is -0.383 e. The van der Waals surface area contributed by atoms with E-state index in [0.717, 1.165) is 12.2 Å². The van der Waals surface area contributed by atoms with Crippen LogP contribution in [0.2, 0.25) is 0 Å². The van der Waals surface area contributed by atoms with Gasteiger partial charge in [-0.1, -0.05) is 0 Å². The number of carbonyl (C=O) groups is 1. The Kier molecular flexibility index (Phi) is 4.66. The number of amides is 1. The lowest BCUT2D eigenvalue weighted by Gasteiger charge is -2.43. The average molecular weight is 345 g/mol. The van der Waals surface area contributed by atoms with Crippen LogP contribution in [0.4, 0.5) is 8.78 Å². The van der Waals surface area contributed by atoms with Crippen molar-refractivity contribution in [1.29, 1.82) is 0 Å². The van der Waals surface area contributed by atoms with Gasteiger partial charge in [-0.3, -0.25) is 9.69 Å². The molecule has 1 amide bonds. The number of halogens is 2. The molecule has 1 aromatic rings. The number of thiazole rings is 1. The van der Waals surface area contributed by atoms with E-state index in [-0.39, 0.29) is 19.4 Å². The van der Waals surface area contributed by atoms with Gasteiger partial charge in [0.1, 0.15) is 5.60 Å². The normalized spacial score (nSPS) is 22.5. The van der Waals surface area contributed by atoms with Crippen LogP contribution in [0.3, 0.4) is 0 Å². The van der Waals surface area contributed by atoms with Gasteiger partial charge < -0.3 is 10.0 Å². The first kappa shape index (κ1) is 16.7. The van der Waals surface area contributed by atoms with Crippen molar-refractivity contribution in [3.8, 4) is 0 Å². The Morgan fingerprint density at radius 2 is 2.09 bits per heavy atom. The number of hydrogen-bond acceptors (Lipinski definition) is 5. The highest BCUT2D eigenvalue weighted by Crippen LogP contribution is 2.45. The van der Waals surface area contributed by atoms with Gasteiger partial charge in [-0.15, -0.1) is 11.3 Å². The maximum Gasteiger partial charge on any atom is 0.352 e. The minimum atomic E-state index is -3.69. The summed E-state index contributed by atoms with van der Waals surface area (Å²) >= 11 is 1.52. The molecule has 0 unspecified atom stereocenters. The molecule has 3 rings (SSSR count). The Morgan fingerprint density at radius 1 is 1.30 bits per heavy atom. The Hall–Kier alpha value is -1.12. The number of hydrogen-bond donors (Lipinski definition) is 1. The summed E-state index contributed by atoms with van der Waals surface area (Å²) in [5.74, 6) is -4.91. The monoisotopic (exact) mass is 345 g/mol. The van der Waals surface area contributed by atoms with Crippen molar-refractivity contribution in [3.05, 3.63) is 16.6 Å². The number of rotatable bonds is 4. The van der Waals surface area contributed by atoms with E-state index >= 15 is 0 Å². The zero-order chi connectivity index (χ0) is 16.5. The van der Waals surface area contributed by atoms with Crippen LogP contribution in [-0.4, -0.2) is 63.5 Å². The molecule has 1 saturated carbocycles. The third-order valence-electron chi connectivity index (χ3n) is 4.78. The predicted octanol–water partition coefficient (Wildman–Crippen LogP) is 1.73. The van der Waals surface area contributed by atoms with Gasteiger partial charge in [-0.25, -0.2) is 4.98 Å². The fourth-order valence-corrected chi connectivity index (χ4v) is 3.65. The van der Waals surface area contributed by atoms with Gasteiger partial charge in [0.2, 0.25) is 0 Å². The van der Waals surface area contributed by atoms with Crippen molar-refractivity contribution in [2.45, 2.75) is 43.8 Å². The molecule has 0 spiro atoms. The number of carbonyl (C=O) groups excluding carboxylic acids is 1. The van der Waals surface area contributed by atoms with E-state index in [2.05, 4.69) is 9.88 Å². The summed E-state index contributed by atoms with van der Waals surface area (Å²) < 4.78 is 28.6. The topological polar surface area (TPSA) is 56.7 Å². The van der Waals surface area contributed by atoms with E-state index in [1.165, 1.54) is 16.2 Å². The van der Waals surface area contributed by atoms with Crippen LogP contribution < -0.4 is 0 Å². The smallest absolute Gasteiger partial charge is 0.352 e. The van der Waals surface area contributed by atoms with Crippen molar-refractivity contribution in [1.82, 2.24) is 14.8 Å². The van der Waals surface area contributed by atoms with Crippen LogP contribution in [0, 0.1) is 0 Å². The molecule has 0 atom stereocenters. The zero-order valence-electron chi connectivity index (χ0n) is 12.9. The van der Waals surface area contributed by atoms with Gasteiger partial charge in [0.15, 0.2) is 0 Å². The van der Waals surface area contributed by atoms with E-state index in [0.29, 0.717) is 32.5 Å². The maximum absolute atomic E-state index is 14.3. The molecule has 0 aromatic carbocycles. The Balaban J connectivity index is 1.60. The maximum atomic E-state index is 14.3. The van der Waals surface area contributed by atoms with Crippen LogP contribution in [-0.2, 0) is 11.3 Å². The molecule has 2 aliphatic rings. The molecule has 2 heterocycles. The van der Waals surface area contributed by atoms with E-state index in [4.69, 9.17) is 0 Å². The van der Waals surface area contributed by atoms with Crippen LogP contribution in [0.1, 0.15) is 31.4 Å². The van der Waals surface area contributed by atoms with Gasteiger partial charge in [0, 0.05) is 38.1 Å². The third-order valence-corrected chi connectivity index (χ3v) is 5.41. The lowest BCUT2D eigenvalue weighted by molar-refractivity contribution is -0.223. The first-order chi connectivity index (χ1) is 10.9. The first-order valence-electron chi connectivity index (χ1n) is 7.91. The summed E-state index contributed by atoms with van der Waals surface area (Å²) in [4.78, 5) is 19.8. The summed E-state index contributed by atoms with van der Waals surface area (Å²) in [7, 11) is 0. The highest BCUT2D eigenvalue weighted by atomic mass is 32.1. The molecule has 1 N–H and O–H groups in total. The predicted molar refractivity (Wildman–Crippen MR) is 82.3 cm³/mol. The molecule has 23 heavy (non-hydrogen) atoms. The molecule has 0 bridgehead atoms. The Morgan fingerprint density at radius 3 is 2.70 bits per heavy atom. The van der Waals surface area contributed by atoms with Gasteiger partial charge in [0.05, 0.1) is 11.2 Å². The van der Waals surface area contributed by atoms with Crippen molar-refractivity contribution < 1.29 is 18.7 Å². The summed E-state index contributed by atoms with van der Waals surface area (Å²) in [6.07, 6.45) is 1.18. The molecule has 8 heteroatoms. The van der Waals surface area contributed by atoms with Crippen molar-refractivity contribution in [2.24, 2.45) is 0 Å². The van der Waals surface area contributed by atoms with Crippen molar-refractivity contribution in [2.75, 3.05) is 26.2 Å². The zero-order valence-corrected chi connectivity index (χ0v) is 13.7. The number of nitrogens with zero attached hydrogens (tertiary/aromatic N) is 3. The lowest BCUT2D eigenvalue weighted by Crippen LogP contribution is -2.61. The number of aromatic nitrogens is 1. The van der Waals surface area contributed by atoms with E-state index in [1.54, 1.807) is 5.51 Å². The van der Waals surface area contributed by atoms with Crippen LogP contribution in [0.15, 0.2) is 10.9 Å². The third kappa shape index (κ3) is 3.25. The molecular formula is C15H21F2N3O2S. The summed E-state index contributed by atoms with van der Waals surface area (Å²) in [6.45, 7) is 2.52. The lowest BCUT2D eigenvalue weighted by atomic mass is 9.75. The summed E-state index contributed by atoms with van der Waals surface area (Å²) in [5, 5.41) is 11.9. The summed E-state index contributed by atoms with van der Waals surface area (Å²) in [5.41, 5.74) is 0.586.